The Morgan fingerprint density at radius 3 is 2.36 bits per heavy atom. The number of fused-ring (bicyclic) bond motifs is 1. The Labute approximate surface area is 228 Å². The molecule has 0 spiro atoms. The highest BCUT2D eigenvalue weighted by molar-refractivity contribution is 7.54. The predicted molar refractivity (Wildman–Crippen MR) is 145 cm³/mol. The lowest BCUT2D eigenvalue weighted by molar-refractivity contribution is -0.150. The third kappa shape index (κ3) is 8.09. The minimum absolute atomic E-state index is 0.171. The maximum absolute atomic E-state index is 13.6. The molecule has 1 aliphatic heterocycles. The predicted octanol–water partition coefficient (Wildman–Crippen LogP) is 5.96. The average molecular weight is 554 g/mol. The summed E-state index contributed by atoms with van der Waals surface area (Å²) in [5.41, 5.74) is 2.92. The number of esters is 1. The van der Waals surface area contributed by atoms with E-state index >= 15 is 0 Å². The molecule has 0 radical (unpaired) electrons. The molecule has 0 N–H and O–H groups in total. The molecular formula is C29H32NO8P. The Morgan fingerprint density at radius 2 is 1.64 bits per heavy atom. The number of ether oxygens (including phenoxy) is 3. The molecule has 1 unspecified atom stereocenters. The van der Waals surface area contributed by atoms with E-state index in [4.69, 9.17) is 23.3 Å². The number of amides is 1. The van der Waals surface area contributed by atoms with Crippen molar-refractivity contribution in [2.75, 3.05) is 19.5 Å². The highest BCUT2D eigenvalue weighted by atomic mass is 31.2. The van der Waals surface area contributed by atoms with Crippen molar-refractivity contribution in [2.45, 2.75) is 39.5 Å². The second-order valence-electron chi connectivity index (χ2n) is 8.93. The molecule has 0 aliphatic carbocycles. The maximum atomic E-state index is 13.6. The molecule has 206 valence electrons. The van der Waals surface area contributed by atoms with Crippen LogP contribution in [0.1, 0.15) is 30.5 Å². The zero-order valence-electron chi connectivity index (χ0n) is 22.0. The molecule has 0 fully saturated rings. The normalized spacial score (nSPS) is 14.9. The second-order valence-corrected chi connectivity index (χ2v) is 10.8. The molecule has 10 heteroatoms. The number of rotatable bonds is 11. The third-order valence-corrected chi connectivity index (χ3v) is 7.54. The highest BCUT2D eigenvalue weighted by Gasteiger charge is 2.34. The lowest BCUT2D eigenvalue weighted by atomic mass is 10.00. The molecule has 0 saturated carbocycles. The Hall–Kier alpha value is -3.81. The molecule has 2 atom stereocenters. The quantitative estimate of drug-likeness (QED) is 0.212. The van der Waals surface area contributed by atoms with Crippen molar-refractivity contribution in [3.63, 3.8) is 0 Å². The van der Waals surface area contributed by atoms with Crippen LogP contribution in [0.3, 0.4) is 0 Å². The number of benzene rings is 3. The minimum atomic E-state index is -3.92. The second kappa shape index (κ2) is 13.3. The molecular weight excluding hydrogens is 521 g/mol. The molecule has 3 aromatic rings. The van der Waals surface area contributed by atoms with Crippen LogP contribution in [0, 0.1) is 0 Å². The molecule has 9 nitrogen and oxygen atoms in total. The van der Waals surface area contributed by atoms with Gasteiger partial charge in [-0.2, -0.15) is 0 Å². The fraction of sp³-hybridized carbons (Fsp3) is 0.310. The van der Waals surface area contributed by atoms with Gasteiger partial charge in [-0.1, -0.05) is 54.6 Å². The summed E-state index contributed by atoms with van der Waals surface area (Å²) in [6.45, 7) is 4.44. The average Bonchev–Trinajstić information content (AvgIpc) is 2.95. The first-order valence-electron chi connectivity index (χ1n) is 12.7. The summed E-state index contributed by atoms with van der Waals surface area (Å²) in [7, 11) is -3.92. The van der Waals surface area contributed by atoms with Gasteiger partial charge < -0.3 is 23.6 Å². The van der Waals surface area contributed by atoms with Gasteiger partial charge in [0.15, 0.2) is 6.10 Å². The van der Waals surface area contributed by atoms with Gasteiger partial charge in [-0.15, -0.1) is 0 Å². The Kier molecular flexibility index (Phi) is 9.63. The van der Waals surface area contributed by atoms with E-state index in [0.29, 0.717) is 31.0 Å². The lowest BCUT2D eigenvalue weighted by Crippen LogP contribution is -2.36. The Balaban J connectivity index is 1.38. The van der Waals surface area contributed by atoms with Crippen LogP contribution in [0.5, 0.6) is 11.5 Å². The van der Waals surface area contributed by atoms with Gasteiger partial charge in [0.2, 0.25) is 6.35 Å². The largest absolute Gasteiger partial charge is 0.480 e. The topological polar surface area (TPSA) is 101 Å². The molecule has 0 bridgehead atoms. The van der Waals surface area contributed by atoms with E-state index in [-0.39, 0.29) is 19.3 Å². The number of para-hydroxylation sites is 1. The van der Waals surface area contributed by atoms with Gasteiger partial charge in [-0.3, -0.25) is 4.52 Å². The molecule has 4 rings (SSSR count). The van der Waals surface area contributed by atoms with Crippen LogP contribution in [0.2, 0.25) is 0 Å². The Bertz CT molecular complexity index is 1300. The molecule has 0 aromatic heterocycles. The molecule has 0 saturated heterocycles. The van der Waals surface area contributed by atoms with Crippen LogP contribution in [-0.2, 0) is 42.9 Å². The van der Waals surface area contributed by atoms with Crippen molar-refractivity contribution in [1.82, 2.24) is 4.90 Å². The van der Waals surface area contributed by atoms with Crippen molar-refractivity contribution < 1.29 is 37.4 Å². The minimum Gasteiger partial charge on any atom is -0.480 e. The van der Waals surface area contributed by atoms with E-state index in [1.54, 1.807) is 48.2 Å². The first kappa shape index (κ1) is 28.2. The van der Waals surface area contributed by atoms with Crippen LogP contribution in [0.15, 0.2) is 78.9 Å². The van der Waals surface area contributed by atoms with E-state index < -0.39 is 26.0 Å². The number of hydrogen-bond donors (Lipinski definition) is 0. The smallest absolute Gasteiger partial charge is 0.417 e. The Morgan fingerprint density at radius 1 is 0.923 bits per heavy atom. The van der Waals surface area contributed by atoms with E-state index in [1.165, 1.54) is 6.92 Å². The first-order chi connectivity index (χ1) is 18.8. The van der Waals surface area contributed by atoms with Crippen LogP contribution in [0.25, 0.3) is 0 Å². The van der Waals surface area contributed by atoms with Gasteiger partial charge >= 0.3 is 19.7 Å². The fourth-order valence-corrected chi connectivity index (χ4v) is 5.48. The van der Waals surface area contributed by atoms with Gasteiger partial charge in [0.1, 0.15) is 18.1 Å². The summed E-state index contributed by atoms with van der Waals surface area (Å²) in [5.74, 6) is 0.151. The van der Waals surface area contributed by atoms with Crippen molar-refractivity contribution in [2.24, 2.45) is 0 Å². The summed E-state index contributed by atoms with van der Waals surface area (Å²) in [6, 6.07) is 23.5. The van der Waals surface area contributed by atoms with Gasteiger partial charge in [-0.25, -0.2) is 14.2 Å². The monoisotopic (exact) mass is 553 g/mol. The highest BCUT2D eigenvalue weighted by Crippen LogP contribution is 2.49. The number of carbonyl (C=O) groups excluding carboxylic acids is 2. The van der Waals surface area contributed by atoms with Crippen molar-refractivity contribution in [1.29, 1.82) is 0 Å². The lowest BCUT2D eigenvalue weighted by Gasteiger charge is -2.28. The SMILES string of the molecule is CCOC(=O)[C@H](C)OP(=O)(COc1ccc2c(c1)CCN(C(=O)OCc1ccccc1)C2)Oc1ccccc1. The standard InChI is InChI=1S/C29H32NO8P/c1-3-34-28(31)22(2)37-39(33,38-26-12-8-5-9-13-26)21-36-27-15-14-25-19-30(17-16-24(25)18-27)29(32)35-20-23-10-6-4-7-11-23/h4-15,18,22H,3,16-17,19-21H2,1-2H3/t22-,39?/m0/s1. The van der Waals surface area contributed by atoms with Crippen LogP contribution >= 0.6 is 7.60 Å². The summed E-state index contributed by atoms with van der Waals surface area (Å²) in [4.78, 5) is 26.3. The van der Waals surface area contributed by atoms with Crippen molar-refractivity contribution in [3.05, 3.63) is 95.6 Å². The fourth-order valence-electron chi connectivity index (χ4n) is 4.00. The van der Waals surface area contributed by atoms with Gasteiger partial charge in [0, 0.05) is 13.1 Å². The van der Waals surface area contributed by atoms with Crippen LogP contribution < -0.4 is 9.26 Å². The van der Waals surface area contributed by atoms with Gasteiger partial charge in [0.05, 0.1) is 6.61 Å². The third-order valence-electron chi connectivity index (χ3n) is 5.97. The summed E-state index contributed by atoms with van der Waals surface area (Å²) >= 11 is 0. The van der Waals surface area contributed by atoms with E-state index in [2.05, 4.69) is 0 Å². The van der Waals surface area contributed by atoms with Crippen LogP contribution in [-0.4, -0.2) is 42.6 Å². The molecule has 3 aromatic carbocycles. The van der Waals surface area contributed by atoms with Gasteiger partial charge in [-0.05, 0) is 61.2 Å². The summed E-state index contributed by atoms with van der Waals surface area (Å²) in [5, 5.41) is 0. The van der Waals surface area contributed by atoms with E-state index in [0.717, 1.165) is 16.7 Å². The maximum Gasteiger partial charge on any atom is 0.417 e. The van der Waals surface area contributed by atoms with Crippen molar-refractivity contribution >= 4 is 19.7 Å². The van der Waals surface area contributed by atoms with E-state index in [1.807, 2.05) is 42.5 Å². The molecule has 1 heterocycles. The zero-order valence-corrected chi connectivity index (χ0v) is 22.9. The first-order valence-corrected chi connectivity index (χ1v) is 14.5. The molecule has 1 amide bonds. The molecule has 39 heavy (non-hydrogen) atoms. The van der Waals surface area contributed by atoms with E-state index in [9.17, 15) is 14.2 Å². The summed E-state index contributed by atoms with van der Waals surface area (Å²) < 4.78 is 41.1. The van der Waals surface area contributed by atoms with Crippen LogP contribution in [0.4, 0.5) is 4.79 Å². The number of hydrogen-bond acceptors (Lipinski definition) is 8. The zero-order chi connectivity index (χ0) is 27.7. The molecule has 1 aliphatic rings. The number of carbonyl (C=O) groups is 2. The van der Waals surface area contributed by atoms with Crippen molar-refractivity contribution in [3.8, 4) is 11.5 Å². The number of nitrogens with zero attached hydrogens (tertiary/aromatic N) is 1. The summed E-state index contributed by atoms with van der Waals surface area (Å²) in [6.07, 6.45) is -1.28. The van der Waals surface area contributed by atoms with Gasteiger partial charge in [0.25, 0.3) is 0 Å².